The van der Waals surface area contributed by atoms with Crippen molar-refractivity contribution in [1.82, 2.24) is 4.90 Å². The number of hydrogen-bond acceptors (Lipinski definition) is 3. The summed E-state index contributed by atoms with van der Waals surface area (Å²) in [6.07, 6.45) is 5.13. The van der Waals surface area contributed by atoms with Crippen molar-refractivity contribution in [3.8, 4) is 0 Å². The number of piperidine rings is 1. The van der Waals surface area contributed by atoms with Crippen LogP contribution in [0.15, 0.2) is 42.5 Å². The number of benzene rings is 2. The van der Waals surface area contributed by atoms with Crippen molar-refractivity contribution in [3.05, 3.63) is 69.2 Å². The van der Waals surface area contributed by atoms with Gasteiger partial charge in [0.2, 0.25) is 5.91 Å². The molecular weight excluding hydrogens is 445 g/mol. The lowest BCUT2D eigenvalue weighted by Gasteiger charge is -2.44. The molecule has 0 aromatic heterocycles. The molecule has 2 aromatic rings. The highest BCUT2D eigenvalue weighted by Crippen LogP contribution is 2.40. The van der Waals surface area contributed by atoms with Crippen molar-refractivity contribution in [3.63, 3.8) is 0 Å². The highest BCUT2D eigenvalue weighted by atomic mass is 35.5. The molecule has 0 saturated carbocycles. The third-order valence-corrected chi connectivity index (χ3v) is 7.58. The monoisotopic (exact) mass is 475 g/mol. The van der Waals surface area contributed by atoms with Crippen LogP contribution in [0.2, 0.25) is 10.0 Å². The van der Waals surface area contributed by atoms with Gasteiger partial charge in [0, 0.05) is 31.5 Å². The Morgan fingerprint density at radius 2 is 2.00 bits per heavy atom. The second-order valence-corrected chi connectivity index (χ2v) is 9.82. The molecule has 2 aliphatic heterocycles. The van der Waals surface area contributed by atoms with Gasteiger partial charge in [0.25, 0.3) is 0 Å². The molecule has 0 spiro atoms. The van der Waals surface area contributed by atoms with Gasteiger partial charge in [-0.05, 0) is 67.9 Å². The van der Waals surface area contributed by atoms with Gasteiger partial charge in [-0.1, -0.05) is 53.5 Å². The fourth-order valence-corrected chi connectivity index (χ4v) is 5.11. The highest BCUT2D eigenvalue weighted by Gasteiger charge is 2.40. The van der Waals surface area contributed by atoms with Crippen molar-refractivity contribution in [1.29, 1.82) is 0 Å². The molecule has 0 N–H and O–H groups in total. The minimum atomic E-state index is -0.237. The summed E-state index contributed by atoms with van der Waals surface area (Å²) in [6, 6.07) is 14.1. The average molecular weight is 476 g/mol. The van der Waals surface area contributed by atoms with Gasteiger partial charge in [0.1, 0.15) is 0 Å². The summed E-state index contributed by atoms with van der Waals surface area (Å²) in [7, 11) is 0. The lowest BCUT2D eigenvalue weighted by molar-refractivity contribution is -0.166. The Morgan fingerprint density at radius 3 is 2.75 bits per heavy atom. The molecule has 2 atom stereocenters. The normalized spacial score (nSPS) is 24.0. The number of carbonyl (C=O) groups is 1. The van der Waals surface area contributed by atoms with Crippen LogP contribution in [-0.4, -0.2) is 36.9 Å². The van der Waals surface area contributed by atoms with E-state index < -0.39 is 0 Å². The van der Waals surface area contributed by atoms with Gasteiger partial charge in [-0.15, -0.1) is 0 Å². The molecule has 0 radical (unpaired) electrons. The maximum atomic E-state index is 12.9. The van der Waals surface area contributed by atoms with Gasteiger partial charge in [0.15, 0.2) is 6.29 Å². The Kier molecular flexibility index (Phi) is 7.78. The van der Waals surface area contributed by atoms with E-state index in [-0.39, 0.29) is 17.6 Å². The third-order valence-electron chi connectivity index (χ3n) is 6.84. The second-order valence-electron chi connectivity index (χ2n) is 9.00. The number of halogens is 2. The van der Waals surface area contributed by atoms with E-state index >= 15 is 0 Å². The van der Waals surface area contributed by atoms with Crippen LogP contribution in [-0.2, 0) is 26.2 Å². The summed E-state index contributed by atoms with van der Waals surface area (Å²) in [5.41, 5.74) is 3.25. The summed E-state index contributed by atoms with van der Waals surface area (Å²) in [4.78, 5) is 14.9. The zero-order chi connectivity index (χ0) is 22.6. The van der Waals surface area contributed by atoms with Crippen LogP contribution >= 0.6 is 23.2 Å². The fraction of sp³-hybridized carbons (Fsp3) is 0.500. The first kappa shape index (κ1) is 23.6. The maximum Gasteiger partial charge on any atom is 0.222 e. The van der Waals surface area contributed by atoms with E-state index in [1.165, 1.54) is 11.1 Å². The molecule has 4 nitrogen and oxygen atoms in total. The summed E-state index contributed by atoms with van der Waals surface area (Å²) in [6.45, 7) is 4.68. The Labute approximate surface area is 200 Å². The Morgan fingerprint density at radius 1 is 1.16 bits per heavy atom. The number of carbonyl (C=O) groups excluding carboxylic acids is 1. The van der Waals surface area contributed by atoms with E-state index in [9.17, 15) is 4.79 Å². The lowest BCUT2D eigenvalue weighted by Crippen LogP contribution is -2.49. The minimum Gasteiger partial charge on any atom is -0.353 e. The number of ether oxygens (including phenoxy) is 2. The highest BCUT2D eigenvalue weighted by molar-refractivity contribution is 6.42. The van der Waals surface area contributed by atoms with Gasteiger partial charge in [-0.2, -0.15) is 0 Å². The number of rotatable bonds is 7. The summed E-state index contributed by atoms with van der Waals surface area (Å²) < 4.78 is 11.8. The second kappa shape index (κ2) is 10.6. The van der Waals surface area contributed by atoms with Crippen LogP contribution in [0.4, 0.5) is 0 Å². The molecule has 32 heavy (non-hydrogen) atoms. The fourth-order valence-electron chi connectivity index (χ4n) is 4.81. The van der Waals surface area contributed by atoms with Gasteiger partial charge in [-0.25, -0.2) is 0 Å². The molecule has 172 valence electrons. The Balaban J connectivity index is 1.56. The molecule has 6 heteroatoms. The van der Waals surface area contributed by atoms with Crippen molar-refractivity contribution in [2.24, 2.45) is 0 Å². The molecule has 2 aliphatic rings. The quantitative estimate of drug-likeness (QED) is 0.471. The lowest BCUT2D eigenvalue weighted by atomic mass is 9.71. The van der Waals surface area contributed by atoms with E-state index in [0.717, 1.165) is 44.3 Å². The number of nitrogens with zero attached hydrogens (tertiary/aromatic N) is 1. The molecule has 2 heterocycles. The Hall–Kier alpha value is -1.59. The molecule has 4 rings (SSSR count). The number of likely N-dealkylation sites (tertiary alicyclic amines) is 1. The van der Waals surface area contributed by atoms with Crippen LogP contribution in [0.3, 0.4) is 0 Å². The van der Waals surface area contributed by atoms with Crippen LogP contribution in [0.1, 0.15) is 55.2 Å². The van der Waals surface area contributed by atoms with E-state index in [2.05, 4.69) is 19.1 Å². The van der Waals surface area contributed by atoms with Gasteiger partial charge >= 0.3 is 0 Å². The van der Waals surface area contributed by atoms with Crippen LogP contribution in [0.25, 0.3) is 0 Å². The molecule has 0 aliphatic carbocycles. The van der Waals surface area contributed by atoms with E-state index in [1.54, 1.807) is 0 Å². The van der Waals surface area contributed by atoms with E-state index in [4.69, 9.17) is 32.7 Å². The topological polar surface area (TPSA) is 38.8 Å². The molecular formula is C26H31Cl2NO3. The van der Waals surface area contributed by atoms with Crippen molar-refractivity contribution in [2.45, 2.75) is 63.7 Å². The SMILES string of the molecule is Cc1ccccc1CN1CC(CCOC2CCCCO2)(c2ccc(Cl)c(Cl)c2)CCC1=O. The van der Waals surface area contributed by atoms with Gasteiger partial charge < -0.3 is 14.4 Å². The van der Waals surface area contributed by atoms with Crippen LogP contribution in [0.5, 0.6) is 0 Å². The number of amides is 1. The van der Waals surface area contributed by atoms with Crippen molar-refractivity contribution >= 4 is 29.1 Å². The Bertz CT molecular complexity index is 944. The molecule has 2 saturated heterocycles. The van der Waals surface area contributed by atoms with Gasteiger partial charge in [0.05, 0.1) is 16.7 Å². The molecule has 2 fully saturated rings. The van der Waals surface area contributed by atoms with Crippen molar-refractivity contribution in [2.75, 3.05) is 19.8 Å². The van der Waals surface area contributed by atoms with Crippen LogP contribution < -0.4 is 0 Å². The standard InChI is InChI=1S/C26H31Cl2NO3/c1-19-6-2-3-7-20(19)17-29-18-26(12-11-24(29)30,21-9-10-22(27)23(28)16-21)13-15-32-25-8-4-5-14-31-25/h2-3,6-7,9-10,16,25H,4-5,8,11-15,17-18H2,1H3. The predicted molar refractivity (Wildman–Crippen MR) is 128 cm³/mol. The third kappa shape index (κ3) is 5.48. The molecule has 2 unspecified atom stereocenters. The first-order chi connectivity index (χ1) is 15.5. The zero-order valence-electron chi connectivity index (χ0n) is 18.6. The predicted octanol–water partition coefficient (Wildman–Crippen LogP) is 6.30. The van der Waals surface area contributed by atoms with Gasteiger partial charge in [-0.3, -0.25) is 4.79 Å². The van der Waals surface area contributed by atoms with Crippen LogP contribution in [0, 0.1) is 6.92 Å². The van der Waals surface area contributed by atoms with E-state index in [1.807, 2.05) is 35.2 Å². The minimum absolute atomic E-state index is 0.122. The molecule has 0 bridgehead atoms. The summed E-state index contributed by atoms with van der Waals surface area (Å²) >= 11 is 12.6. The average Bonchev–Trinajstić information content (AvgIpc) is 2.80. The smallest absolute Gasteiger partial charge is 0.222 e. The maximum absolute atomic E-state index is 12.9. The molecule has 1 amide bonds. The zero-order valence-corrected chi connectivity index (χ0v) is 20.1. The van der Waals surface area contributed by atoms with E-state index in [0.29, 0.717) is 36.2 Å². The molecule has 2 aromatic carbocycles. The first-order valence-corrected chi connectivity index (χ1v) is 12.2. The van der Waals surface area contributed by atoms with Crippen molar-refractivity contribution < 1.29 is 14.3 Å². The largest absolute Gasteiger partial charge is 0.353 e. The first-order valence-electron chi connectivity index (χ1n) is 11.5. The number of hydrogen-bond donors (Lipinski definition) is 0. The number of aryl methyl sites for hydroxylation is 1. The summed E-state index contributed by atoms with van der Waals surface area (Å²) in [5.74, 6) is 0.195. The summed E-state index contributed by atoms with van der Waals surface area (Å²) in [5, 5.41) is 1.09.